The largest absolute Gasteiger partial charge is 0.443 e. The minimum absolute atomic E-state index is 0.140. The van der Waals surface area contributed by atoms with Gasteiger partial charge in [0.1, 0.15) is 0 Å². The molecule has 1 aromatic heterocycles. The minimum atomic E-state index is -4.31. The highest BCUT2D eigenvalue weighted by Crippen LogP contribution is 2.37. The van der Waals surface area contributed by atoms with E-state index in [0.717, 1.165) is 37.3 Å². The number of nitrogens with zero attached hydrogens (tertiary/aromatic N) is 1. The smallest absolute Gasteiger partial charge is 0.316 e. The second-order valence-corrected chi connectivity index (χ2v) is 5.20. The second-order valence-electron chi connectivity index (χ2n) is 4.00. The molecule has 1 fully saturated rings. The van der Waals surface area contributed by atoms with Crippen molar-refractivity contribution in [3.8, 4) is 0 Å². The van der Waals surface area contributed by atoms with Crippen LogP contribution in [0.2, 0.25) is 0 Å². The van der Waals surface area contributed by atoms with E-state index in [-0.39, 0.29) is 5.92 Å². The van der Waals surface area contributed by atoms with Gasteiger partial charge in [0.25, 0.3) is 0 Å². The standard InChI is InChI=1S/C10H13F3N2S/c1-6-8(7-3-2-4-14-5-7)15-9(16-6)10(11,12)13/h7,14H,2-5H2,1H3. The molecule has 1 saturated heterocycles. The van der Waals surface area contributed by atoms with Crippen LogP contribution < -0.4 is 5.32 Å². The number of halogens is 3. The van der Waals surface area contributed by atoms with Crippen molar-refractivity contribution in [3.63, 3.8) is 0 Å². The van der Waals surface area contributed by atoms with E-state index in [1.807, 2.05) is 0 Å². The molecule has 0 aromatic carbocycles. The number of alkyl halides is 3. The quantitative estimate of drug-likeness (QED) is 0.829. The molecule has 1 atom stereocenters. The Labute approximate surface area is 95.9 Å². The van der Waals surface area contributed by atoms with Crippen LogP contribution in [0.3, 0.4) is 0 Å². The van der Waals surface area contributed by atoms with Crippen LogP contribution in [-0.4, -0.2) is 18.1 Å². The third-order valence-corrected chi connectivity index (χ3v) is 3.79. The molecule has 0 amide bonds. The fraction of sp³-hybridized carbons (Fsp3) is 0.700. The van der Waals surface area contributed by atoms with Gasteiger partial charge in [-0.1, -0.05) is 0 Å². The maximum absolute atomic E-state index is 12.5. The zero-order chi connectivity index (χ0) is 11.8. The van der Waals surface area contributed by atoms with Crippen LogP contribution in [0.1, 0.15) is 34.3 Å². The van der Waals surface area contributed by atoms with Crippen molar-refractivity contribution in [2.75, 3.05) is 13.1 Å². The molecule has 2 heterocycles. The third-order valence-electron chi connectivity index (χ3n) is 2.76. The Kier molecular flexibility index (Phi) is 3.21. The van der Waals surface area contributed by atoms with E-state index >= 15 is 0 Å². The second kappa shape index (κ2) is 4.33. The highest BCUT2D eigenvalue weighted by Gasteiger charge is 2.36. The average Bonchev–Trinajstić information content (AvgIpc) is 2.61. The minimum Gasteiger partial charge on any atom is -0.316 e. The molecular weight excluding hydrogens is 237 g/mol. The first-order chi connectivity index (χ1) is 7.48. The molecule has 1 aliphatic heterocycles. The number of thiazole rings is 1. The first kappa shape index (κ1) is 11.9. The van der Waals surface area contributed by atoms with Gasteiger partial charge >= 0.3 is 6.18 Å². The average molecular weight is 250 g/mol. The van der Waals surface area contributed by atoms with Gasteiger partial charge in [-0.2, -0.15) is 13.2 Å². The molecule has 0 bridgehead atoms. The lowest BCUT2D eigenvalue weighted by Gasteiger charge is -2.21. The van der Waals surface area contributed by atoms with Gasteiger partial charge < -0.3 is 5.32 Å². The molecule has 0 spiro atoms. The summed E-state index contributed by atoms with van der Waals surface area (Å²) in [6.45, 7) is 3.41. The number of hydrogen-bond donors (Lipinski definition) is 1. The van der Waals surface area contributed by atoms with E-state index in [2.05, 4.69) is 10.3 Å². The molecule has 1 aromatic rings. The number of aromatic nitrogens is 1. The van der Waals surface area contributed by atoms with Crippen LogP contribution in [0.15, 0.2) is 0 Å². The fourth-order valence-corrected chi connectivity index (χ4v) is 2.86. The summed E-state index contributed by atoms with van der Waals surface area (Å²) in [7, 11) is 0. The molecule has 2 nitrogen and oxygen atoms in total. The molecule has 0 radical (unpaired) electrons. The van der Waals surface area contributed by atoms with Crippen LogP contribution in [0, 0.1) is 6.92 Å². The zero-order valence-corrected chi connectivity index (χ0v) is 9.71. The topological polar surface area (TPSA) is 24.9 Å². The first-order valence-corrected chi connectivity index (χ1v) is 6.05. The number of hydrogen-bond acceptors (Lipinski definition) is 3. The van der Waals surface area contributed by atoms with Crippen LogP contribution in [0.5, 0.6) is 0 Å². The maximum Gasteiger partial charge on any atom is 0.443 e. The summed E-state index contributed by atoms with van der Waals surface area (Å²) in [5.41, 5.74) is 0.629. The summed E-state index contributed by atoms with van der Waals surface area (Å²) in [6, 6.07) is 0. The van der Waals surface area contributed by atoms with E-state index in [0.29, 0.717) is 10.6 Å². The summed E-state index contributed by atoms with van der Waals surface area (Å²) in [5.74, 6) is 0.140. The number of aryl methyl sites for hydroxylation is 1. The Morgan fingerprint density at radius 3 is 2.69 bits per heavy atom. The van der Waals surface area contributed by atoms with Crippen LogP contribution in [0.4, 0.5) is 13.2 Å². The summed E-state index contributed by atoms with van der Waals surface area (Å²) < 4.78 is 37.4. The van der Waals surface area contributed by atoms with Gasteiger partial charge in [0.15, 0.2) is 5.01 Å². The van der Waals surface area contributed by atoms with E-state index < -0.39 is 11.2 Å². The van der Waals surface area contributed by atoms with E-state index in [1.165, 1.54) is 0 Å². The van der Waals surface area contributed by atoms with Crippen molar-refractivity contribution in [3.05, 3.63) is 15.6 Å². The van der Waals surface area contributed by atoms with Crippen molar-refractivity contribution in [1.82, 2.24) is 10.3 Å². The maximum atomic E-state index is 12.5. The predicted octanol–water partition coefficient (Wildman–Crippen LogP) is 2.94. The number of rotatable bonds is 1. The monoisotopic (exact) mass is 250 g/mol. The van der Waals surface area contributed by atoms with Crippen molar-refractivity contribution in [2.24, 2.45) is 0 Å². The highest BCUT2D eigenvalue weighted by molar-refractivity contribution is 7.11. The predicted molar refractivity (Wildman–Crippen MR) is 56.7 cm³/mol. The molecule has 1 aliphatic rings. The molecule has 2 rings (SSSR count). The molecule has 16 heavy (non-hydrogen) atoms. The van der Waals surface area contributed by atoms with Crippen LogP contribution in [0.25, 0.3) is 0 Å². The Bertz CT molecular complexity index is 367. The Hall–Kier alpha value is -0.620. The summed E-state index contributed by atoms with van der Waals surface area (Å²) in [5, 5.41) is 2.47. The van der Waals surface area contributed by atoms with Gasteiger partial charge in [-0.15, -0.1) is 11.3 Å². The van der Waals surface area contributed by atoms with Gasteiger partial charge in [0.05, 0.1) is 5.69 Å². The molecule has 6 heteroatoms. The zero-order valence-electron chi connectivity index (χ0n) is 8.90. The van der Waals surface area contributed by atoms with Gasteiger partial charge in [0.2, 0.25) is 0 Å². The molecular formula is C10H13F3N2S. The number of nitrogens with one attached hydrogen (secondary N) is 1. The van der Waals surface area contributed by atoms with E-state index in [9.17, 15) is 13.2 Å². The lowest BCUT2D eigenvalue weighted by molar-refractivity contribution is -0.137. The van der Waals surface area contributed by atoms with Crippen molar-refractivity contribution in [2.45, 2.75) is 31.9 Å². The summed E-state index contributed by atoms with van der Waals surface area (Å²) in [4.78, 5) is 4.45. The molecule has 1 unspecified atom stereocenters. The Balaban J connectivity index is 2.24. The van der Waals surface area contributed by atoms with Gasteiger partial charge in [0, 0.05) is 17.3 Å². The third kappa shape index (κ3) is 2.38. The van der Waals surface area contributed by atoms with Crippen LogP contribution >= 0.6 is 11.3 Å². The normalized spacial score (nSPS) is 22.4. The van der Waals surface area contributed by atoms with Gasteiger partial charge in [-0.05, 0) is 26.3 Å². The lowest BCUT2D eigenvalue weighted by Crippen LogP contribution is -2.28. The SMILES string of the molecule is Cc1sc(C(F)(F)F)nc1C1CCCNC1. The fourth-order valence-electron chi connectivity index (χ4n) is 1.99. The van der Waals surface area contributed by atoms with Crippen LogP contribution in [-0.2, 0) is 6.18 Å². The summed E-state index contributed by atoms with van der Waals surface area (Å²) >= 11 is 0.751. The number of piperidine rings is 1. The van der Waals surface area contributed by atoms with Gasteiger partial charge in [-0.25, -0.2) is 4.98 Å². The highest BCUT2D eigenvalue weighted by atomic mass is 32.1. The Morgan fingerprint density at radius 2 is 2.19 bits per heavy atom. The molecule has 1 N–H and O–H groups in total. The first-order valence-electron chi connectivity index (χ1n) is 5.23. The Morgan fingerprint density at radius 1 is 1.44 bits per heavy atom. The molecule has 0 saturated carbocycles. The van der Waals surface area contributed by atoms with E-state index in [4.69, 9.17) is 0 Å². The summed E-state index contributed by atoms with van der Waals surface area (Å²) in [6.07, 6.45) is -2.38. The van der Waals surface area contributed by atoms with E-state index in [1.54, 1.807) is 6.92 Å². The lowest BCUT2D eigenvalue weighted by atomic mass is 9.96. The van der Waals surface area contributed by atoms with Crippen molar-refractivity contribution >= 4 is 11.3 Å². The molecule has 0 aliphatic carbocycles. The van der Waals surface area contributed by atoms with Crippen molar-refractivity contribution < 1.29 is 13.2 Å². The van der Waals surface area contributed by atoms with Crippen molar-refractivity contribution in [1.29, 1.82) is 0 Å². The molecule has 90 valence electrons. The van der Waals surface area contributed by atoms with Gasteiger partial charge in [-0.3, -0.25) is 0 Å².